The minimum absolute atomic E-state index is 0.0306. The number of nitrogens with one attached hydrogen (secondary N) is 5. The van der Waals surface area contributed by atoms with E-state index in [-0.39, 0.29) is 55.2 Å². The Kier molecular flexibility index (Phi) is 15.3. The van der Waals surface area contributed by atoms with E-state index in [0.717, 1.165) is 6.26 Å². The van der Waals surface area contributed by atoms with Crippen molar-refractivity contribution in [2.45, 2.75) is 23.8 Å². The Morgan fingerprint density at radius 1 is 0.896 bits per heavy atom. The fourth-order valence-electron chi connectivity index (χ4n) is 4.76. The maximum Gasteiger partial charge on any atom is 0.339 e. The van der Waals surface area contributed by atoms with Crippen molar-refractivity contribution in [1.29, 1.82) is 0 Å². The summed E-state index contributed by atoms with van der Waals surface area (Å²) in [6.07, 6.45) is 2.47. The Bertz CT molecular complexity index is 1590. The van der Waals surface area contributed by atoms with Crippen molar-refractivity contribution >= 4 is 57.2 Å². The fraction of sp³-hybridized carbons (Fsp3) is 0.394. The zero-order chi connectivity index (χ0) is 35.1. The summed E-state index contributed by atoms with van der Waals surface area (Å²) in [6.45, 7) is 5.49. The van der Waals surface area contributed by atoms with Crippen LogP contribution in [0.5, 0.6) is 0 Å². The smallest absolute Gasteiger partial charge is 0.339 e. The first-order chi connectivity index (χ1) is 22.9. The first-order valence-electron chi connectivity index (χ1n) is 15.4. The number of esters is 1. The van der Waals surface area contributed by atoms with Crippen LogP contribution in [0.3, 0.4) is 0 Å². The normalized spacial score (nSPS) is 13.5. The number of amides is 2. The Morgan fingerprint density at radius 2 is 1.54 bits per heavy atom. The van der Waals surface area contributed by atoms with Crippen molar-refractivity contribution in [2.75, 3.05) is 64.5 Å². The summed E-state index contributed by atoms with van der Waals surface area (Å²) in [7, 11) is -3.38. The molecule has 1 unspecified atom stereocenters. The standard InChI is InChI=1S/C33H43N5O8S2/c1-22(17-37-30(42)21-47)36-19-29(41)38-18-28(40)32(35-15-3-13-34-14-4-16-39)25-7-5-24(6-8-25)31-27(20-46-33(31)43)23-9-11-26(12-10-23)48(2,44)45/h5-12,32,34-36,39,47H,1,3-4,13-21H2,2H3,(H,37,42)(H,38,41). The van der Waals surface area contributed by atoms with E-state index in [1.807, 2.05) is 0 Å². The van der Waals surface area contributed by atoms with E-state index in [0.29, 0.717) is 66.0 Å². The number of sulfone groups is 1. The molecule has 0 aromatic heterocycles. The molecule has 2 amide bonds. The highest BCUT2D eigenvalue weighted by molar-refractivity contribution is 7.90. The first kappa shape index (κ1) is 38.4. The molecule has 15 heteroatoms. The van der Waals surface area contributed by atoms with Crippen molar-refractivity contribution in [1.82, 2.24) is 26.6 Å². The van der Waals surface area contributed by atoms with Crippen LogP contribution >= 0.6 is 12.6 Å². The zero-order valence-electron chi connectivity index (χ0n) is 26.8. The molecule has 1 aliphatic heterocycles. The van der Waals surface area contributed by atoms with Crippen LogP contribution in [0.2, 0.25) is 0 Å². The van der Waals surface area contributed by atoms with E-state index in [4.69, 9.17) is 9.84 Å². The van der Waals surface area contributed by atoms with Gasteiger partial charge in [-0.05, 0) is 61.3 Å². The third kappa shape index (κ3) is 11.9. The highest BCUT2D eigenvalue weighted by Crippen LogP contribution is 2.34. The van der Waals surface area contributed by atoms with Gasteiger partial charge in [-0.3, -0.25) is 14.4 Å². The SMILES string of the molecule is C=C(CNC(=O)CS)NCC(=O)NCC(=O)C(NCCCNCCCO)c1ccc(C2=C(c3ccc(S(C)(=O)=O)cc3)COC2=O)cc1. The predicted octanol–water partition coefficient (Wildman–Crippen LogP) is 0.385. The second-order valence-corrected chi connectivity index (χ2v) is 13.4. The largest absolute Gasteiger partial charge is 0.457 e. The van der Waals surface area contributed by atoms with Crippen LogP contribution in [0.4, 0.5) is 0 Å². The van der Waals surface area contributed by atoms with Crippen molar-refractivity contribution in [2.24, 2.45) is 0 Å². The number of ether oxygens (including phenoxy) is 1. The number of carbonyl (C=O) groups is 4. The van der Waals surface area contributed by atoms with Crippen LogP contribution in [0.15, 0.2) is 65.7 Å². The minimum Gasteiger partial charge on any atom is -0.457 e. The minimum atomic E-state index is -3.38. The lowest BCUT2D eigenvalue weighted by Crippen LogP contribution is -2.41. The summed E-state index contributed by atoms with van der Waals surface area (Å²) in [4.78, 5) is 50.1. The van der Waals surface area contributed by atoms with E-state index in [9.17, 15) is 27.6 Å². The average molecular weight is 702 g/mol. The lowest BCUT2D eigenvalue weighted by atomic mass is 9.94. The molecular formula is C33H43N5O8S2. The van der Waals surface area contributed by atoms with Crippen molar-refractivity contribution in [3.8, 4) is 0 Å². The molecular weight excluding hydrogens is 659 g/mol. The molecule has 0 radical (unpaired) electrons. The number of hydrogen-bond donors (Lipinski definition) is 7. The molecule has 3 rings (SSSR count). The Hall–Kier alpha value is -4.02. The second kappa shape index (κ2) is 19.1. The van der Waals surface area contributed by atoms with Gasteiger partial charge in [-0.1, -0.05) is 43.0 Å². The van der Waals surface area contributed by atoms with E-state index >= 15 is 0 Å². The number of Topliss-reactive ketones (excluding diaryl/α,β-unsaturated/α-hetero) is 1. The van der Waals surface area contributed by atoms with E-state index in [1.165, 1.54) is 12.1 Å². The lowest BCUT2D eigenvalue weighted by Gasteiger charge is -2.19. The number of aliphatic hydroxyl groups is 1. The Labute approximate surface area is 286 Å². The van der Waals surface area contributed by atoms with Crippen LogP contribution in [0, 0.1) is 0 Å². The van der Waals surface area contributed by atoms with Gasteiger partial charge in [0.1, 0.15) is 6.61 Å². The first-order valence-corrected chi connectivity index (χ1v) is 17.9. The molecule has 48 heavy (non-hydrogen) atoms. The van der Waals surface area contributed by atoms with Crippen molar-refractivity contribution in [3.05, 3.63) is 77.5 Å². The lowest BCUT2D eigenvalue weighted by molar-refractivity contribution is -0.134. The van der Waals surface area contributed by atoms with Gasteiger partial charge in [0.25, 0.3) is 0 Å². The van der Waals surface area contributed by atoms with E-state index in [1.54, 1.807) is 36.4 Å². The van der Waals surface area contributed by atoms with Gasteiger partial charge in [0.05, 0.1) is 41.9 Å². The molecule has 13 nitrogen and oxygen atoms in total. The predicted molar refractivity (Wildman–Crippen MR) is 186 cm³/mol. The molecule has 0 saturated heterocycles. The highest BCUT2D eigenvalue weighted by atomic mass is 32.2. The Balaban J connectivity index is 1.72. The number of cyclic esters (lactones) is 1. The van der Waals surface area contributed by atoms with Gasteiger partial charge in [-0.15, -0.1) is 0 Å². The third-order valence-corrected chi connectivity index (χ3v) is 8.75. The fourth-order valence-corrected chi connectivity index (χ4v) is 5.50. The summed E-state index contributed by atoms with van der Waals surface area (Å²) >= 11 is 3.88. The Morgan fingerprint density at radius 3 is 2.19 bits per heavy atom. The summed E-state index contributed by atoms with van der Waals surface area (Å²) in [5.41, 5.74) is 3.26. The number of hydrogen-bond acceptors (Lipinski definition) is 12. The number of benzene rings is 2. The zero-order valence-corrected chi connectivity index (χ0v) is 28.6. The monoisotopic (exact) mass is 701 g/mol. The molecule has 260 valence electrons. The molecule has 0 spiro atoms. The summed E-state index contributed by atoms with van der Waals surface area (Å²) < 4.78 is 29.1. The second-order valence-electron chi connectivity index (χ2n) is 11.1. The quantitative estimate of drug-likeness (QED) is 0.0541. The average Bonchev–Trinajstić information content (AvgIpc) is 3.47. The molecule has 0 bridgehead atoms. The molecule has 2 aromatic rings. The number of aliphatic hydroxyl groups excluding tert-OH is 1. The van der Waals surface area contributed by atoms with Gasteiger partial charge in [0.15, 0.2) is 15.6 Å². The number of rotatable bonds is 21. The van der Waals surface area contributed by atoms with Gasteiger partial charge in [-0.2, -0.15) is 12.6 Å². The van der Waals surface area contributed by atoms with Gasteiger partial charge in [0, 0.05) is 24.1 Å². The van der Waals surface area contributed by atoms with Crippen LogP contribution < -0.4 is 26.6 Å². The molecule has 0 saturated carbocycles. The maximum atomic E-state index is 13.4. The third-order valence-electron chi connectivity index (χ3n) is 7.33. The van der Waals surface area contributed by atoms with Crippen molar-refractivity contribution in [3.63, 3.8) is 0 Å². The van der Waals surface area contributed by atoms with Crippen LogP contribution in [-0.2, 0) is 33.8 Å². The van der Waals surface area contributed by atoms with Crippen LogP contribution in [0.25, 0.3) is 11.1 Å². The topological polar surface area (TPSA) is 192 Å². The molecule has 1 aliphatic rings. The van der Waals surface area contributed by atoms with Gasteiger partial charge in [-0.25, -0.2) is 13.2 Å². The van der Waals surface area contributed by atoms with Crippen LogP contribution in [0.1, 0.15) is 35.6 Å². The summed E-state index contributed by atoms with van der Waals surface area (Å²) in [5.74, 6) is -1.47. The molecule has 1 heterocycles. The van der Waals surface area contributed by atoms with Crippen molar-refractivity contribution < 1.29 is 37.4 Å². The molecule has 0 fully saturated rings. The highest BCUT2D eigenvalue weighted by Gasteiger charge is 2.28. The number of thiol groups is 1. The van der Waals surface area contributed by atoms with E-state index < -0.39 is 27.8 Å². The molecule has 0 aliphatic carbocycles. The van der Waals surface area contributed by atoms with E-state index in [2.05, 4.69) is 45.8 Å². The van der Waals surface area contributed by atoms with Gasteiger partial charge >= 0.3 is 5.97 Å². The maximum absolute atomic E-state index is 13.4. The molecule has 2 aromatic carbocycles. The molecule has 6 N–H and O–H groups in total. The summed E-state index contributed by atoms with van der Waals surface area (Å²) in [5, 5.41) is 23.4. The number of ketones is 1. The summed E-state index contributed by atoms with van der Waals surface area (Å²) in [6, 6.07) is 12.4. The van der Waals surface area contributed by atoms with Gasteiger partial charge < -0.3 is 36.4 Å². The molecule has 1 atom stereocenters. The van der Waals surface area contributed by atoms with Gasteiger partial charge in [0.2, 0.25) is 11.8 Å². The van der Waals surface area contributed by atoms with Crippen LogP contribution in [-0.4, -0.2) is 102 Å². The number of carbonyl (C=O) groups excluding carboxylic acids is 4.